The number of fused-ring (bicyclic) bond motifs is 3. The van der Waals surface area contributed by atoms with Crippen LogP contribution in [0, 0.1) is 30.6 Å². The summed E-state index contributed by atoms with van der Waals surface area (Å²) in [5.74, 6) is -14.6. The zero-order valence-electron chi connectivity index (χ0n) is 76.8. The summed E-state index contributed by atoms with van der Waals surface area (Å²) in [7, 11) is 0. The number of carboxylic acid groups (broad SMARTS) is 2. The summed E-state index contributed by atoms with van der Waals surface area (Å²) in [6, 6.07) is 11.1. The summed E-state index contributed by atoms with van der Waals surface area (Å²) in [6.07, 6.45) is 4.24. The Morgan fingerprint density at radius 1 is 0.647 bits per heavy atom. The number of amides is 10. The van der Waals surface area contributed by atoms with E-state index in [0.29, 0.717) is 42.6 Å². The smallest absolute Gasteiger partial charge is 0.326 e. The molecule has 46 nitrogen and oxygen atoms in total. The largest absolute Gasteiger partial charge is 0.481 e. The van der Waals surface area contributed by atoms with Crippen molar-refractivity contribution in [1.29, 1.82) is 0 Å². The number of ketones is 4. The first-order valence-corrected chi connectivity index (χ1v) is 45.6. The Bertz CT molecular complexity index is 5530. The lowest BCUT2D eigenvalue weighted by Crippen LogP contribution is -2.58. The van der Waals surface area contributed by atoms with Crippen molar-refractivity contribution >= 4 is 117 Å². The molecule has 1 aliphatic heterocycles. The second-order valence-corrected chi connectivity index (χ2v) is 34.1. The fraction of sp³-hybridized carbons (Fsp3) is 0.484. The number of nitrogens with two attached hydrogens (primary N) is 2. The minimum atomic E-state index is -1.85. The van der Waals surface area contributed by atoms with E-state index in [1.807, 2.05) is 31.2 Å². The van der Waals surface area contributed by atoms with Gasteiger partial charge >= 0.3 is 11.9 Å². The first-order chi connectivity index (χ1) is 66.2. The molecule has 0 fully saturated rings. The normalized spacial score (nSPS) is 18.2. The molecule has 0 saturated carbocycles. The van der Waals surface area contributed by atoms with Gasteiger partial charge in [-0.15, -0.1) is 5.10 Å². The van der Waals surface area contributed by atoms with Gasteiger partial charge in [0.25, 0.3) is 5.56 Å². The van der Waals surface area contributed by atoms with Crippen molar-refractivity contribution in [3.8, 4) is 0 Å². The molecule has 0 spiro atoms. The van der Waals surface area contributed by atoms with Gasteiger partial charge in [-0.3, -0.25) is 91.2 Å². The predicted octanol–water partition coefficient (Wildman–Crippen LogP) is 0.298. The average molecular weight is 1930 g/mol. The van der Waals surface area contributed by atoms with Crippen molar-refractivity contribution in [1.82, 2.24) is 108 Å². The summed E-state index contributed by atoms with van der Waals surface area (Å²) in [5, 5.41) is 80.3. The number of hydrogen-bond acceptors (Lipinski definition) is 30. The molecule has 0 aliphatic carbocycles. The molecule has 1 aliphatic rings. The van der Waals surface area contributed by atoms with Crippen LogP contribution in [-0.4, -0.2) is 251 Å². The minimum absolute atomic E-state index is 0. The molecule has 139 heavy (non-hydrogen) atoms. The van der Waals surface area contributed by atoms with Crippen molar-refractivity contribution in [3.05, 3.63) is 172 Å². The molecule has 6 heterocycles. The Morgan fingerprint density at radius 2 is 1.34 bits per heavy atom. The van der Waals surface area contributed by atoms with Gasteiger partial charge in [0.2, 0.25) is 65.0 Å². The monoisotopic (exact) mass is 1930 g/mol. The van der Waals surface area contributed by atoms with E-state index in [1.54, 1.807) is 42.5 Å². The minimum Gasteiger partial charge on any atom is -0.481 e. The molecule has 3 aromatic carbocycles. The van der Waals surface area contributed by atoms with Gasteiger partial charge in [-0.1, -0.05) is 79.2 Å². The van der Waals surface area contributed by atoms with Gasteiger partial charge in [-0.05, 0) is 133 Å². The number of rotatable bonds is 46. The predicted molar refractivity (Wildman–Crippen MR) is 500 cm³/mol. The van der Waals surface area contributed by atoms with E-state index in [1.165, 1.54) is 61.2 Å². The molecule has 22 N–H and O–H groups in total. The number of nitrogens with zero attached hydrogens (tertiary/aromatic N) is 8. The van der Waals surface area contributed by atoms with Crippen LogP contribution in [0.2, 0.25) is 0 Å². The van der Waals surface area contributed by atoms with Crippen LogP contribution in [0.25, 0.3) is 11.2 Å². The number of carboxylic acids is 2. The number of aryl methyl sites for hydroxylation is 3. The van der Waals surface area contributed by atoms with E-state index >= 15 is 4.79 Å². The number of aromatic amines is 3. The van der Waals surface area contributed by atoms with Gasteiger partial charge in [0.1, 0.15) is 42.9 Å². The van der Waals surface area contributed by atoms with Crippen LogP contribution in [0.1, 0.15) is 180 Å². The average Bonchev–Trinajstić information content (AvgIpc) is 1.12. The van der Waals surface area contributed by atoms with E-state index in [2.05, 4.69) is 114 Å². The van der Waals surface area contributed by atoms with E-state index in [9.17, 15) is 97.1 Å². The van der Waals surface area contributed by atoms with Gasteiger partial charge in [0.05, 0.1) is 73.9 Å². The highest BCUT2D eigenvalue weighted by Gasteiger charge is 2.38. The second-order valence-electron chi connectivity index (χ2n) is 34.1. The first-order valence-electron chi connectivity index (χ1n) is 45.6. The number of Topliss-reactive ketones (excluding diaryl/α,β-unsaturated/α-hetero) is 4. The van der Waals surface area contributed by atoms with Crippen LogP contribution in [-0.2, 0) is 122 Å². The van der Waals surface area contributed by atoms with E-state index < -0.39 is 231 Å². The molecule has 8 aromatic rings. The van der Waals surface area contributed by atoms with Crippen LogP contribution in [0.4, 0.5) is 11.6 Å². The lowest BCUT2D eigenvalue weighted by atomic mass is 9.90. The van der Waals surface area contributed by atoms with E-state index in [-0.39, 0.29) is 150 Å². The standard InChI is InChI=1S/C92H120N24O22.CH4/c1-52-21-23-55(24-22-52)16-13-20-76(123)97-31-10-7-17-58(83(127)101-46-67(119)36-60(34-56-14-5-4-6-15-56)84(128)108-69(91(136)137)19-8-11-32-98-78(125)49-138-94)37-74(121)68-18-9-12-33-116-47-65(114-115-116)41-70(106-77(124)30-27-59(90(134)135)38-73(120)57-25-28-62(29-26-57)99-44-66-45-100-81-80(105-66)89(133)113-92(93)112-81)86(130)109-71(40-64-43-96-51-103-64)87(131)110-72(48-117)75(122)39-61(35-63-42-95-50-102-63)85(129)111-79(54(3)118)88(132)104-53(2)82(126)107-68;/h4-6,14-15,21-26,28-29,42-43,45,47,50-51,53-54,58-61,68-72,79,99,117-118H,7-13,16-20,27,30-41,44,46,48-49,94H2,1-3H3,(H,95,102)(H,96,103)(H,97,123)(H,98,125)(H,101,127)(H,104,132)(H,106,124)(H,107,126)(H,108,128)(H,109,130)(H,110,131)(H,111,129)(H,134,135)(H,136,137)(H3,93,100,112,113,133);1H4/t53-,54+,58-,59-,60-,61+,68+,69+,70+,71-,72-,79-;/m1./s1. The van der Waals surface area contributed by atoms with Crippen LogP contribution < -0.4 is 75.7 Å². The number of H-pyrrole nitrogens is 3. The number of benzene rings is 3. The highest BCUT2D eigenvalue weighted by molar-refractivity contribution is 6.01. The Labute approximate surface area is 799 Å². The zero-order valence-corrected chi connectivity index (χ0v) is 76.8. The molecular formula is C93H124N24O22. The molecular weight excluding hydrogens is 1810 g/mol. The summed E-state index contributed by atoms with van der Waals surface area (Å²) in [6.45, 7) is 2.67. The fourth-order valence-corrected chi connectivity index (χ4v) is 15.3. The van der Waals surface area contributed by atoms with Crippen molar-refractivity contribution in [2.75, 3.05) is 43.9 Å². The number of anilines is 2. The number of aliphatic hydroxyl groups excluding tert-OH is 2. The lowest BCUT2D eigenvalue weighted by Gasteiger charge is -2.27. The van der Waals surface area contributed by atoms with Crippen molar-refractivity contribution in [2.24, 2.45) is 29.6 Å². The summed E-state index contributed by atoms with van der Waals surface area (Å²) in [5.41, 5.74) is 9.42. The van der Waals surface area contributed by atoms with Gasteiger partial charge in [-0.25, -0.2) is 30.6 Å². The fourth-order valence-electron chi connectivity index (χ4n) is 15.3. The summed E-state index contributed by atoms with van der Waals surface area (Å²) in [4.78, 5) is 270. The maximum atomic E-state index is 15.2. The van der Waals surface area contributed by atoms with E-state index in [4.69, 9.17) is 11.6 Å². The van der Waals surface area contributed by atoms with Gasteiger partial charge in [-0.2, -0.15) is 4.98 Å². The highest BCUT2D eigenvalue weighted by Crippen LogP contribution is 2.24. The summed E-state index contributed by atoms with van der Waals surface area (Å²) >= 11 is 0. The number of nitrogens with one attached hydrogen (secondary N) is 14. The topological polar surface area (TPSA) is 707 Å². The third-order valence-electron chi connectivity index (χ3n) is 23.1. The molecule has 0 saturated heterocycles. The van der Waals surface area contributed by atoms with Crippen molar-refractivity contribution in [3.63, 3.8) is 0 Å². The molecule has 0 radical (unpaired) electrons. The van der Waals surface area contributed by atoms with Gasteiger partial charge in [0.15, 0.2) is 34.3 Å². The molecule has 46 heteroatoms. The highest BCUT2D eigenvalue weighted by atomic mass is 16.6. The number of aromatic nitrogens is 11. The number of unbranched alkanes of at least 4 members (excludes halogenated alkanes) is 2. The van der Waals surface area contributed by atoms with Crippen LogP contribution in [0.5, 0.6) is 0 Å². The van der Waals surface area contributed by atoms with Crippen LogP contribution in [0.3, 0.4) is 0 Å². The Kier molecular flexibility index (Phi) is 44.1. The maximum absolute atomic E-state index is 15.2. The number of nitrogen functional groups attached to an aromatic ring is 1. The van der Waals surface area contributed by atoms with Crippen molar-refractivity contribution < 1.29 is 102 Å². The number of carbonyl (C=O) groups excluding carboxylic acids is 14. The molecule has 5 aromatic heterocycles. The van der Waals surface area contributed by atoms with Crippen molar-refractivity contribution in [2.45, 2.75) is 231 Å². The number of aliphatic hydroxyl groups is 2. The Balaban J connectivity index is 0.0000237. The van der Waals surface area contributed by atoms with Crippen LogP contribution in [0.15, 0.2) is 121 Å². The first kappa shape index (κ1) is 110. The number of hydrogen-bond donors (Lipinski definition) is 20. The lowest BCUT2D eigenvalue weighted by molar-refractivity contribution is -0.143. The maximum Gasteiger partial charge on any atom is 0.326 e. The van der Waals surface area contributed by atoms with Gasteiger partial charge in [0, 0.05) is 130 Å². The van der Waals surface area contributed by atoms with Crippen LogP contribution >= 0.6 is 0 Å². The van der Waals surface area contributed by atoms with E-state index in [0.717, 1.165) is 18.1 Å². The second kappa shape index (κ2) is 56.0. The molecule has 10 amide bonds. The third-order valence-corrected chi connectivity index (χ3v) is 23.1. The molecule has 9 rings (SSSR count). The Hall–Kier alpha value is -14.8. The molecule has 748 valence electrons. The molecule has 12 atom stereocenters. The molecule has 2 bridgehead atoms. The molecule has 0 unspecified atom stereocenters. The Morgan fingerprint density at radius 3 is 2.01 bits per heavy atom. The number of imidazole rings is 2. The number of carbonyl (C=O) groups is 16. The summed E-state index contributed by atoms with van der Waals surface area (Å²) < 4.78 is 1.36. The number of aliphatic carboxylic acids is 2. The SMILES string of the molecule is C.Cc1ccc(CCCC(=O)NCCCC[C@H](CC(=O)[C@@H]2CCCCn3cc(nn3)C[C@H](NC(=O)CC[C@H](CC(=O)c3ccc(NCc4cnc5nc(N)[nH]c(=O)c5n4)cc3)C(=O)O)C(=O)N[C@H](Cc3cnc[nH]3)C(=O)N[C@H](CO)C(=O)C[C@H](Cc3cnc[nH]3)C(=O)N[C@H]([C@H](C)O)C(=O)N[C@H](C)C(=O)N2)C(=O)NCC(=O)C[C@@H](Cc2ccccc2)C(=O)N[C@@H](CCCCNC(=O)CON)C(=O)O)cc1. The quantitative estimate of drug-likeness (QED) is 0.0139. The third kappa shape index (κ3) is 36.7. The van der Waals surface area contributed by atoms with Gasteiger partial charge < -0.3 is 94.6 Å². The zero-order chi connectivity index (χ0) is 99.7.